The Morgan fingerprint density at radius 1 is 1.19 bits per heavy atom. The van der Waals surface area contributed by atoms with Gasteiger partial charge in [0.1, 0.15) is 17.0 Å². The number of halogens is 3. The minimum atomic E-state index is -4.85. The Kier molecular flexibility index (Phi) is 4.85. The fraction of sp³-hybridized carbons (Fsp3) is 0.167. The van der Waals surface area contributed by atoms with Crippen LogP contribution >= 0.6 is 0 Å². The number of ether oxygens (including phenoxy) is 1. The number of carbonyl (C=O) groups is 1. The average Bonchev–Trinajstić information content (AvgIpc) is 2.62. The number of hydrogen-bond donors (Lipinski definition) is 0. The summed E-state index contributed by atoms with van der Waals surface area (Å²) in [5, 5.41) is 0. The van der Waals surface area contributed by atoms with Crippen molar-refractivity contribution in [3.8, 4) is 5.75 Å². The molecule has 0 aliphatic carbocycles. The Hall–Kier alpha value is -3.36. The van der Waals surface area contributed by atoms with E-state index in [9.17, 15) is 22.8 Å². The standard InChI is InChI=1S/C18H14F3N3O3/c1-23(11-12-6-2-3-7-14(12)27-18(19,20)21)16(25)13-10-22-15-8-4-5-9-24(15)17(13)26/h2-10H,11H2,1H3. The molecule has 0 aliphatic rings. The van der Waals surface area contributed by atoms with Gasteiger partial charge in [0.25, 0.3) is 11.5 Å². The van der Waals surface area contributed by atoms with Crippen molar-refractivity contribution in [3.63, 3.8) is 0 Å². The third kappa shape index (κ3) is 4.08. The molecule has 0 unspecified atom stereocenters. The number of aromatic nitrogens is 2. The van der Waals surface area contributed by atoms with Crippen molar-refractivity contribution in [1.29, 1.82) is 0 Å². The van der Waals surface area contributed by atoms with E-state index in [1.165, 1.54) is 35.8 Å². The lowest BCUT2D eigenvalue weighted by Gasteiger charge is -2.19. The number of para-hydroxylation sites is 1. The van der Waals surface area contributed by atoms with Gasteiger partial charge < -0.3 is 9.64 Å². The first kappa shape index (κ1) is 18.4. The van der Waals surface area contributed by atoms with Crippen molar-refractivity contribution >= 4 is 11.6 Å². The smallest absolute Gasteiger partial charge is 0.405 e. The summed E-state index contributed by atoms with van der Waals surface area (Å²) in [5.41, 5.74) is -0.210. The van der Waals surface area contributed by atoms with Crippen LogP contribution < -0.4 is 10.3 Å². The molecule has 0 fully saturated rings. The van der Waals surface area contributed by atoms with Crippen molar-refractivity contribution in [2.45, 2.75) is 12.9 Å². The predicted octanol–water partition coefficient (Wildman–Crippen LogP) is 2.87. The van der Waals surface area contributed by atoms with Crippen LogP contribution in [0.15, 0.2) is 59.7 Å². The van der Waals surface area contributed by atoms with Gasteiger partial charge in [-0.1, -0.05) is 24.3 Å². The van der Waals surface area contributed by atoms with Gasteiger partial charge in [-0.25, -0.2) is 4.98 Å². The highest BCUT2D eigenvalue weighted by Crippen LogP contribution is 2.27. The number of pyridine rings is 1. The van der Waals surface area contributed by atoms with E-state index < -0.39 is 23.6 Å². The molecule has 0 saturated heterocycles. The van der Waals surface area contributed by atoms with Gasteiger partial charge in [0.2, 0.25) is 0 Å². The SMILES string of the molecule is CN(Cc1ccccc1OC(F)(F)F)C(=O)c1cnc2ccccn2c1=O. The first-order valence-corrected chi connectivity index (χ1v) is 7.82. The molecule has 2 aromatic heterocycles. The zero-order chi connectivity index (χ0) is 19.6. The number of benzene rings is 1. The van der Waals surface area contributed by atoms with Crippen LogP contribution in [0, 0.1) is 0 Å². The van der Waals surface area contributed by atoms with Gasteiger partial charge in [0.15, 0.2) is 0 Å². The van der Waals surface area contributed by atoms with Crippen LogP contribution in [0.5, 0.6) is 5.75 Å². The lowest BCUT2D eigenvalue weighted by atomic mass is 10.2. The molecule has 3 aromatic rings. The summed E-state index contributed by atoms with van der Waals surface area (Å²) < 4.78 is 42.8. The molecule has 0 atom stereocenters. The quantitative estimate of drug-likeness (QED) is 0.701. The van der Waals surface area contributed by atoms with Crippen LogP contribution in [0.4, 0.5) is 13.2 Å². The summed E-state index contributed by atoms with van der Waals surface area (Å²) in [5.74, 6) is -1.06. The van der Waals surface area contributed by atoms with Crippen molar-refractivity contribution in [1.82, 2.24) is 14.3 Å². The van der Waals surface area contributed by atoms with E-state index in [0.29, 0.717) is 5.65 Å². The molecular formula is C18H14F3N3O3. The van der Waals surface area contributed by atoms with Crippen LogP contribution in [-0.2, 0) is 6.54 Å². The summed E-state index contributed by atoms with van der Waals surface area (Å²) in [6, 6.07) is 10.4. The molecule has 0 spiro atoms. The maximum absolute atomic E-state index is 12.6. The van der Waals surface area contributed by atoms with Crippen LogP contribution in [0.3, 0.4) is 0 Å². The molecule has 0 bridgehead atoms. The molecule has 1 amide bonds. The fourth-order valence-electron chi connectivity index (χ4n) is 2.57. The van der Waals surface area contributed by atoms with E-state index in [4.69, 9.17) is 0 Å². The van der Waals surface area contributed by atoms with Crippen molar-refractivity contribution in [3.05, 3.63) is 76.3 Å². The number of hydrogen-bond acceptors (Lipinski definition) is 4. The number of nitrogens with zero attached hydrogens (tertiary/aromatic N) is 3. The molecule has 0 radical (unpaired) electrons. The van der Waals surface area contributed by atoms with Gasteiger partial charge in [-0.15, -0.1) is 13.2 Å². The zero-order valence-electron chi connectivity index (χ0n) is 14.1. The first-order valence-electron chi connectivity index (χ1n) is 7.82. The first-order chi connectivity index (χ1) is 12.8. The molecule has 140 valence electrons. The number of alkyl halides is 3. The van der Waals surface area contributed by atoms with E-state index >= 15 is 0 Å². The molecule has 0 aliphatic heterocycles. The monoisotopic (exact) mass is 377 g/mol. The fourth-order valence-corrected chi connectivity index (χ4v) is 2.57. The summed E-state index contributed by atoms with van der Waals surface area (Å²) in [4.78, 5) is 30.3. The number of carbonyl (C=O) groups excluding carboxylic acids is 1. The maximum Gasteiger partial charge on any atom is 0.573 e. The Morgan fingerprint density at radius 2 is 1.89 bits per heavy atom. The van der Waals surface area contributed by atoms with Crippen LogP contribution in [0.1, 0.15) is 15.9 Å². The van der Waals surface area contributed by atoms with Gasteiger partial charge in [0.05, 0.1) is 0 Å². The predicted molar refractivity (Wildman–Crippen MR) is 90.4 cm³/mol. The van der Waals surface area contributed by atoms with Gasteiger partial charge >= 0.3 is 6.36 Å². The van der Waals surface area contributed by atoms with Crippen molar-refractivity contribution < 1.29 is 22.7 Å². The topological polar surface area (TPSA) is 63.9 Å². The summed E-state index contributed by atoms with van der Waals surface area (Å²) in [7, 11) is 1.38. The van der Waals surface area contributed by atoms with Crippen LogP contribution in [-0.4, -0.2) is 33.6 Å². The second-order valence-corrected chi connectivity index (χ2v) is 5.72. The average molecular weight is 377 g/mol. The minimum absolute atomic E-state index is 0.152. The number of fused-ring (bicyclic) bond motifs is 1. The summed E-state index contributed by atoms with van der Waals surface area (Å²) >= 11 is 0. The second-order valence-electron chi connectivity index (χ2n) is 5.72. The third-order valence-corrected chi connectivity index (χ3v) is 3.80. The highest BCUT2D eigenvalue weighted by molar-refractivity contribution is 5.93. The normalized spacial score (nSPS) is 11.4. The maximum atomic E-state index is 12.6. The molecular weight excluding hydrogens is 363 g/mol. The Morgan fingerprint density at radius 3 is 2.63 bits per heavy atom. The van der Waals surface area contributed by atoms with Crippen LogP contribution in [0.2, 0.25) is 0 Å². The zero-order valence-corrected chi connectivity index (χ0v) is 14.1. The number of amides is 1. The van der Waals surface area contributed by atoms with E-state index in [0.717, 1.165) is 17.2 Å². The molecule has 1 aromatic carbocycles. The van der Waals surface area contributed by atoms with E-state index in [1.807, 2.05) is 0 Å². The lowest BCUT2D eigenvalue weighted by molar-refractivity contribution is -0.275. The van der Waals surface area contributed by atoms with Gasteiger partial charge in [-0.05, 0) is 18.2 Å². The molecule has 0 N–H and O–H groups in total. The molecule has 3 rings (SSSR count). The molecule has 0 saturated carbocycles. The number of rotatable bonds is 4. The van der Waals surface area contributed by atoms with Gasteiger partial charge in [0, 0.05) is 31.5 Å². The van der Waals surface area contributed by atoms with E-state index in [-0.39, 0.29) is 17.7 Å². The molecule has 2 heterocycles. The highest BCUT2D eigenvalue weighted by atomic mass is 19.4. The molecule has 9 heteroatoms. The third-order valence-electron chi connectivity index (χ3n) is 3.80. The van der Waals surface area contributed by atoms with Crippen molar-refractivity contribution in [2.75, 3.05) is 7.05 Å². The van der Waals surface area contributed by atoms with Gasteiger partial charge in [-0.2, -0.15) is 0 Å². The van der Waals surface area contributed by atoms with Crippen LogP contribution in [0.25, 0.3) is 5.65 Å². The minimum Gasteiger partial charge on any atom is -0.405 e. The summed E-state index contributed by atoms with van der Waals surface area (Å²) in [6.45, 7) is -0.179. The Balaban J connectivity index is 1.88. The van der Waals surface area contributed by atoms with Gasteiger partial charge in [-0.3, -0.25) is 14.0 Å². The highest BCUT2D eigenvalue weighted by Gasteiger charge is 2.32. The van der Waals surface area contributed by atoms with E-state index in [2.05, 4.69) is 9.72 Å². The summed E-state index contributed by atoms with van der Waals surface area (Å²) in [6.07, 6.45) is -2.21. The van der Waals surface area contributed by atoms with Crippen molar-refractivity contribution in [2.24, 2.45) is 0 Å². The molecule has 27 heavy (non-hydrogen) atoms. The second kappa shape index (κ2) is 7.10. The lowest BCUT2D eigenvalue weighted by Crippen LogP contribution is -2.33. The Bertz CT molecular complexity index is 1050. The molecule has 6 nitrogen and oxygen atoms in total. The van der Waals surface area contributed by atoms with E-state index in [1.54, 1.807) is 18.2 Å². The largest absolute Gasteiger partial charge is 0.573 e. The Labute approximate surface area is 151 Å².